The molecular formula is C15H20N2O. The Labute approximate surface area is 108 Å². The number of furan rings is 1. The average Bonchev–Trinajstić information content (AvgIpc) is 2.67. The average molecular weight is 244 g/mol. The Morgan fingerprint density at radius 2 is 2.06 bits per heavy atom. The zero-order valence-electron chi connectivity index (χ0n) is 11.4. The van der Waals surface area contributed by atoms with E-state index in [-0.39, 0.29) is 6.04 Å². The fraction of sp³-hybridized carbons (Fsp3) is 0.400. The van der Waals surface area contributed by atoms with E-state index in [1.54, 1.807) is 0 Å². The van der Waals surface area contributed by atoms with Crippen LogP contribution in [0.2, 0.25) is 0 Å². The third-order valence-electron chi connectivity index (χ3n) is 3.13. The third kappa shape index (κ3) is 2.99. The predicted molar refractivity (Wildman–Crippen MR) is 72.4 cm³/mol. The van der Waals surface area contributed by atoms with Gasteiger partial charge in [0.05, 0.1) is 0 Å². The van der Waals surface area contributed by atoms with Gasteiger partial charge in [-0.3, -0.25) is 4.98 Å². The molecule has 0 aliphatic rings. The molecule has 1 N–H and O–H groups in total. The van der Waals surface area contributed by atoms with E-state index in [0.29, 0.717) is 0 Å². The van der Waals surface area contributed by atoms with Crippen LogP contribution in [0.5, 0.6) is 0 Å². The smallest absolute Gasteiger partial charge is 0.105 e. The molecule has 0 saturated heterocycles. The third-order valence-corrected chi connectivity index (χ3v) is 3.13. The van der Waals surface area contributed by atoms with Crippen LogP contribution in [0.1, 0.15) is 41.3 Å². The van der Waals surface area contributed by atoms with Crippen molar-refractivity contribution in [3.8, 4) is 0 Å². The van der Waals surface area contributed by atoms with Crippen LogP contribution in [0.25, 0.3) is 0 Å². The van der Waals surface area contributed by atoms with Crippen molar-refractivity contribution in [1.29, 1.82) is 0 Å². The monoisotopic (exact) mass is 244 g/mol. The van der Waals surface area contributed by atoms with E-state index in [2.05, 4.69) is 29.4 Å². The molecule has 2 aromatic heterocycles. The van der Waals surface area contributed by atoms with Crippen LogP contribution < -0.4 is 5.32 Å². The van der Waals surface area contributed by atoms with Gasteiger partial charge in [-0.25, -0.2) is 0 Å². The van der Waals surface area contributed by atoms with Crippen molar-refractivity contribution in [2.45, 2.75) is 40.3 Å². The number of hydrogen-bond donors (Lipinski definition) is 1. The molecule has 2 rings (SSSR count). The minimum Gasteiger partial charge on any atom is -0.466 e. The van der Waals surface area contributed by atoms with Crippen LogP contribution in [-0.4, -0.2) is 4.98 Å². The Balaban J connectivity index is 1.98. The first-order chi connectivity index (χ1) is 8.56. The SMILES string of the molecule is Cc1ccc(CNC(C)c2cc(C)oc2C)cn1. The second kappa shape index (κ2) is 5.36. The molecule has 96 valence electrons. The molecule has 0 saturated carbocycles. The van der Waals surface area contributed by atoms with E-state index in [9.17, 15) is 0 Å². The molecule has 2 aromatic rings. The summed E-state index contributed by atoms with van der Waals surface area (Å²) in [5.41, 5.74) is 3.48. The van der Waals surface area contributed by atoms with E-state index >= 15 is 0 Å². The standard InChI is InChI=1S/C15H20N2O/c1-10-5-6-14(8-16-10)9-17-12(3)15-7-11(2)18-13(15)4/h5-8,12,17H,9H2,1-4H3. The molecule has 0 amide bonds. The molecule has 18 heavy (non-hydrogen) atoms. The van der Waals surface area contributed by atoms with Gasteiger partial charge in [0.1, 0.15) is 11.5 Å². The zero-order valence-corrected chi connectivity index (χ0v) is 11.4. The van der Waals surface area contributed by atoms with Gasteiger partial charge in [-0.1, -0.05) is 6.07 Å². The van der Waals surface area contributed by atoms with E-state index in [1.165, 1.54) is 11.1 Å². The molecule has 0 aliphatic carbocycles. The number of rotatable bonds is 4. The van der Waals surface area contributed by atoms with Crippen LogP contribution >= 0.6 is 0 Å². The summed E-state index contributed by atoms with van der Waals surface area (Å²) in [7, 11) is 0. The molecule has 1 atom stereocenters. The van der Waals surface area contributed by atoms with Crippen molar-refractivity contribution in [3.05, 3.63) is 52.7 Å². The van der Waals surface area contributed by atoms with Crippen LogP contribution in [0.4, 0.5) is 0 Å². The molecule has 3 heteroatoms. The highest BCUT2D eigenvalue weighted by Crippen LogP contribution is 2.21. The minimum absolute atomic E-state index is 0.281. The fourth-order valence-corrected chi connectivity index (χ4v) is 2.06. The number of nitrogens with one attached hydrogen (secondary N) is 1. The van der Waals surface area contributed by atoms with Crippen molar-refractivity contribution in [1.82, 2.24) is 10.3 Å². The van der Waals surface area contributed by atoms with E-state index in [4.69, 9.17) is 4.42 Å². The zero-order chi connectivity index (χ0) is 13.1. The number of pyridine rings is 1. The lowest BCUT2D eigenvalue weighted by molar-refractivity contribution is 0.489. The predicted octanol–water partition coefficient (Wildman–Crippen LogP) is 3.45. The van der Waals surface area contributed by atoms with Crippen molar-refractivity contribution in [2.24, 2.45) is 0 Å². The maximum Gasteiger partial charge on any atom is 0.105 e. The molecule has 2 heterocycles. The highest BCUT2D eigenvalue weighted by atomic mass is 16.3. The highest BCUT2D eigenvalue weighted by Gasteiger charge is 2.11. The molecule has 0 radical (unpaired) electrons. The molecule has 0 aromatic carbocycles. The van der Waals surface area contributed by atoms with Crippen LogP contribution in [0.15, 0.2) is 28.8 Å². The molecular weight excluding hydrogens is 224 g/mol. The first kappa shape index (κ1) is 12.8. The summed E-state index contributed by atoms with van der Waals surface area (Å²) in [6, 6.07) is 6.52. The van der Waals surface area contributed by atoms with Gasteiger partial charge in [0.25, 0.3) is 0 Å². The van der Waals surface area contributed by atoms with Crippen molar-refractivity contribution >= 4 is 0 Å². The summed E-state index contributed by atoms with van der Waals surface area (Å²) in [5, 5.41) is 3.49. The second-order valence-corrected chi connectivity index (χ2v) is 4.78. The summed E-state index contributed by atoms with van der Waals surface area (Å²) in [4.78, 5) is 4.29. The number of hydrogen-bond acceptors (Lipinski definition) is 3. The van der Waals surface area contributed by atoms with Gasteiger partial charge in [0.15, 0.2) is 0 Å². The summed E-state index contributed by atoms with van der Waals surface area (Å²) >= 11 is 0. The number of aromatic nitrogens is 1. The second-order valence-electron chi connectivity index (χ2n) is 4.78. The largest absolute Gasteiger partial charge is 0.466 e. The van der Waals surface area contributed by atoms with Gasteiger partial charge in [0, 0.05) is 30.0 Å². The quantitative estimate of drug-likeness (QED) is 0.895. The normalized spacial score (nSPS) is 12.7. The van der Waals surface area contributed by atoms with Crippen LogP contribution in [0, 0.1) is 20.8 Å². The first-order valence-electron chi connectivity index (χ1n) is 6.28. The lowest BCUT2D eigenvalue weighted by Gasteiger charge is -2.13. The molecule has 0 spiro atoms. The number of aryl methyl sites for hydroxylation is 3. The molecule has 0 bridgehead atoms. The maximum atomic E-state index is 5.55. The minimum atomic E-state index is 0.281. The van der Waals surface area contributed by atoms with Gasteiger partial charge < -0.3 is 9.73 Å². The first-order valence-corrected chi connectivity index (χ1v) is 6.28. The Morgan fingerprint density at radius 1 is 1.28 bits per heavy atom. The lowest BCUT2D eigenvalue weighted by atomic mass is 10.1. The van der Waals surface area contributed by atoms with Crippen molar-refractivity contribution in [3.63, 3.8) is 0 Å². The highest BCUT2D eigenvalue weighted by molar-refractivity contribution is 5.23. The van der Waals surface area contributed by atoms with E-state index in [1.807, 2.05) is 33.0 Å². The topological polar surface area (TPSA) is 38.1 Å². The van der Waals surface area contributed by atoms with Crippen molar-refractivity contribution < 1.29 is 4.42 Å². The molecule has 0 aliphatic heterocycles. The Morgan fingerprint density at radius 3 is 2.61 bits per heavy atom. The summed E-state index contributed by atoms with van der Waals surface area (Å²) < 4.78 is 5.55. The molecule has 0 fully saturated rings. The van der Waals surface area contributed by atoms with Gasteiger partial charge >= 0.3 is 0 Å². The summed E-state index contributed by atoms with van der Waals surface area (Å²) in [6.07, 6.45) is 1.92. The maximum absolute atomic E-state index is 5.55. The van der Waals surface area contributed by atoms with Crippen LogP contribution in [-0.2, 0) is 6.54 Å². The van der Waals surface area contributed by atoms with Gasteiger partial charge in [0.2, 0.25) is 0 Å². The van der Waals surface area contributed by atoms with Gasteiger partial charge in [-0.05, 0) is 45.4 Å². The van der Waals surface area contributed by atoms with Gasteiger partial charge in [-0.15, -0.1) is 0 Å². The lowest BCUT2D eigenvalue weighted by Crippen LogP contribution is -2.18. The van der Waals surface area contributed by atoms with Crippen molar-refractivity contribution in [2.75, 3.05) is 0 Å². The van der Waals surface area contributed by atoms with E-state index in [0.717, 1.165) is 23.8 Å². The van der Waals surface area contributed by atoms with E-state index < -0.39 is 0 Å². The van der Waals surface area contributed by atoms with Gasteiger partial charge in [-0.2, -0.15) is 0 Å². The molecule has 3 nitrogen and oxygen atoms in total. The Hall–Kier alpha value is -1.61. The summed E-state index contributed by atoms with van der Waals surface area (Å²) in [6.45, 7) is 8.95. The molecule has 1 unspecified atom stereocenters. The number of nitrogens with zero attached hydrogens (tertiary/aromatic N) is 1. The van der Waals surface area contributed by atoms with Crippen LogP contribution in [0.3, 0.4) is 0 Å². The fourth-order valence-electron chi connectivity index (χ4n) is 2.06. The summed E-state index contributed by atoms with van der Waals surface area (Å²) in [5.74, 6) is 1.96. The Bertz CT molecular complexity index is 514. The Kier molecular flexibility index (Phi) is 3.82.